The lowest BCUT2D eigenvalue weighted by atomic mass is 10.1. The smallest absolute Gasteiger partial charge is 0.166 e. The Morgan fingerprint density at radius 1 is 0.750 bits per heavy atom. The summed E-state index contributed by atoms with van der Waals surface area (Å²) in [6.45, 7) is 13.9. The fourth-order valence-corrected chi connectivity index (χ4v) is 2.78. The van der Waals surface area contributed by atoms with Crippen molar-refractivity contribution < 1.29 is 0 Å². The third-order valence-corrected chi connectivity index (χ3v) is 3.47. The van der Waals surface area contributed by atoms with E-state index in [9.17, 15) is 0 Å². The van der Waals surface area contributed by atoms with Gasteiger partial charge in [0.2, 0.25) is 0 Å². The van der Waals surface area contributed by atoms with E-state index < -0.39 is 0 Å². The largest absolute Gasteiger partial charge is 0.359 e. The van der Waals surface area contributed by atoms with Gasteiger partial charge in [0.15, 0.2) is 10.2 Å². The highest BCUT2D eigenvalue weighted by Gasteiger charge is 2.12. The second-order valence-corrected chi connectivity index (χ2v) is 8.70. The van der Waals surface area contributed by atoms with E-state index in [-0.39, 0.29) is 11.1 Å². The Morgan fingerprint density at radius 2 is 1.08 bits per heavy atom. The minimum absolute atomic E-state index is 0.0457. The van der Waals surface area contributed by atoms with Crippen LogP contribution < -0.4 is 21.3 Å². The summed E-state index contributed by atoms with van der Waals surface area (Å²) in [5, 5.41) is 14.4. The molecular weight excluding hydrogens is 336 g/mol. The molecule has 0 aliphatic carbocycles. The van der Waals surface area contributed by atoms with Crippen LogP contribution in [0.3, 0.4) is 0 Å². The maximum Gasteiger partial charge on any atom is 0.166 e. The third-order valence-electron chi connectivity index (χ3n) is 2.97. The van der Waals surface area contributed by atoms with Crippen LogP contribution in [-0.4, -0.2) is 21.3 Å². The molecule has 0 amide bonds. The number of hydrogen-bond donors (Lipinski definition) is 4. The zero-order valence-electron chi connectivity index (χ0n) is 15.5. The molecule has 1 aromatic rings. The summed E-state index contributed by atoms with van der Waals surface area (Å²) < 4.78 is 0. The summed E-state index contributed by atoms with van der Waals surface area (Å²) in [6, 6.07) is 8.27. The van der Waals surface area contributed by atoms with Crippen LogP contribution in [0.15, 0.2) is 24.3 Å². The van der Waals surface area contributed by atoms with Gasteiger partial charge in [-0.3, -0.25) is 0 Å². The topological polar surface area (TPSA) is 48.1 Å². The predicted octanol–water partition coefficient (Wildman–Crippen LogP) is 3.21. The quantitative estimate of drug-likeness (QED) is 0.614. The van der Waals surface area contributed by atoms with Crippen molar-refractivity contribution in [3.63, 3.8) is 0 Å². The lowest BCUT2D eigenvalue weighted by Crippen LogP contribution is -2.46. The van der Waals surface area contributed by atoms with E-state index in [4.69, 9.17) is 24.4 Å². The van der Waals surface area contributed by atoms with Gasteiger partial charge >= 0.3 is 0 Å². The first-order valence-electron chi connectivity index (χ1n) is 8.15. The van der Waals surface area contributed by atoms with Crippen molar-refractivity contribution in [2.24, 2.45) is 0 Å². The van der Waals surface area contributed by atoms with Gasteiger partial charge in [0.25, 0.3) is 0 Å². The van der Waals surface area contributed by atoms with Gasteiger partial charge in [0.1, 0.15) is 0 Å². The highest BCUT2D eigenvalue weighted by Crippen LogP contribution is 2.09. The molecular formula is C18H30N4S2. The van der Waals surface area contributed by atoms with Crippen molar-refractivity contribution in [2.45, 2.75) is 65.7 Å². The van der Waals surface area contributed by atoms with Crippen molar-refractivity contribution in [2.75, 3.05) is 0 Å². The number of benzene rings is 1. The van der Waals surface area contributed by atoms with Gasteiger partial charge in [-0.25, -0.2) is 0 Å². The number of rotatable bonds is 4. The first-order chi connectivity index (χ1) is 11.0. The van der Waals surface area contributed by atoms with Gasteiger partial charge in [-0.1, -0.05) is 24.3 Å². The first-order valence-corrected chi connectivity index (χ1v) is 8.97. The van der Waals surface area contributed by atoms with E-state index >= 15 is 0 Å². The van der Waals surface area contributed by atoms with Gasteiger partial charge in [-0.15, -0.1) is 0 Å². The van der Waals surface area contributed by atoms with Crippen LogP contribution >= 0.6 is 24.4 Å². The van der Waals surface area contributed by atoms with E-state index in [0.29, 0.717) is 23.3 Å². The second-order valence-electron chi connectivity index (χ2n) is 7.88. The molecule has 6 heteroatoms. The molecule has 0 unspecified atom stereocenters. The first kappa shape index (κ1) is 20.6. The Bertz CT molecular complexity index is 520. The molecule has 1 rings (SSSR count). The fourth-order valence-electron chi connectivity index (χ4n) is 2.02. The van der Waals surface area contributed by atoms with Crippen molar-refractivity contribution in [1.29, 1.82) is 0 Å². The molecule has 4 nitrogen and oxygen atoms in total. The zero-order valence-corrected chi connectivity index (χ0v) is 17.2. The molecule has 0 saturated heterocycles. The van der Waals surface area contributed by atoms with Crippen LogP contribution in [0.2, 0.25) is 0 Å². The van der Waals surface area contributed by atoms with E-state index in [0.717, 1.165) is 0 Å². The normalized spacial score (nSPS) is 11.6. The molecule has 0 saturated carbocycles. The second kappa shape index (κ2) is 8.62. The van der Waals surface area contributed by atoms with E-state index in [1.807, 2.05) is 12.1 Å². The Kier molecular flexibility index (Phi) is 7.42. The van der Waals surface area contributed by atoms with Crippen LogP contribution in [0.1, 0.15) is 52.7 Å². The molecule has 0 heterocycles. The molecule has 0 aliphatic heterocycles. The highest BCUT2D eigenvalue weighted by atomic mass is 32.1. The molecule has 0 bridgehead atoms. The van der Waals surface area contributed by atoms with Gasteiger partial charge in [-0.05, 0) is 77.1 Å². The summed E-state index contributed by atoms with van der Waals surface area (Å²) in [4.78, 5) is 0. The van der Waals surface area contributed by atoms with Gasteiger partial charge in [0.05, 0.1) is 0 Å². The minimum atomic E-state index is -0.0457. The van der Waals surface area contributed by atoms with Gasteiger partial charge in [-0.2, -0.15) is 0 Å². The maximum absolute atomic E-state index is 5.34. The van der Waals surface area contributed by atoms with Crippen molar-refractivity contribution in [3.8, 4) is 0 Å². The summed E-state index contributed by atoms with van der Waals surface area (Å²) in [5.41, 5.74) is 2.30. The Morgan fingerprint density at radius 3 is 1.38 bits per heavy atom. The van der Waals surface area contributed by atoms with E-state index in [2.05, 4.69) is 74.9 Å². The SMILES string of the molecule is CC(C)(C)NC(=S)NCc1ccccc1CNC(=S)NC(C)(C)C. The van der Waals surface area contributed by atoms with Crippen molar-refractivity contribution in [3.05, 3.63) is 35.4 Å². The molecule has 0 aliphatic rings. The van der Waals surface area contributed by atoms with Gasteiger partial charge < -0.3 is 21.3 Å². The van der Waals surface area contributed by atoms with Crippen LogP contribution in [0.4, 0.5) is 0 Å². The monoisotopic (exact) mass is 366 g/mol. The lowest BCUT2D eigenvalue weighted by Gasteiger charge is -2.24. The van der Waals surface area contributed by atoms with E-state index in [1.54, 1.807) is 0 Å². The molecule has 0 spiro atoms. The van der Waals surface area contributed by atoms with Crippen molar-refractivity contribution >= 4 is 34.7 Å². The maximum atomic E-state index is 5.34. The molecule has 0 fully saturated rings. The molecule has 1 aromatic carbocycles. The number of hydrogen-bond acceptors (Lipinski definition) is 2. The predicted molar refractivity (Wildman–Crippen MR) is 111 cm³/mol. The fraction of sp³-hybridized carbons (Fsp3) is 0.556. The summed E-state index contributed by atoms with van der Waals surface area (Å²) in [5.74, 6) is 0. The zero-order chi connectivity index (χ0) is 18.4. The molecule has 0 atom stereocenters. The molecule has 0 radical (unpaired) electrons. The summed E-state index contributed by atoms with van der Waals surface area (Å²) in [6.07, 6.45) is 0. The van der Waals surface area contributed by atoms with Crippen molar-refractivity contribution in [1.82, 2.24) is 21.3 Å². The molecule has 0 aromatic heterocycles. The summed E-state index contributed by atoms with van der Waals surface area (Å²) in [7, 11) is 0. The Hall–Kier alpha value is -1.40. The van der Waals surface area contributed by atoms with Crippen LogP contribution in [0.5, 0.6) is 0 Å². The highest BCUT2D eigenvalue weighted by molar-refractivity contribution is 7.80. The Labute approximate surface area is 157 Å². The van der Waals surface area contributed by atoms with E-state index in [1.165, 1.54) is 11.1 Å². The Balaban J connectivity index is 2.59. The van der Waals surface area contributed by atoms with Crippen LogP contribution in [-0.2, 0) is 13.1 Å². The average molecular weight is 367 g/mol. The number of thiocarbonyl (C=S) groups is 2. The molecule has 24 heavy (non-hydrogen) atoms. The van der Waals surface area contributed by atoms with Gasteiger partial charge in [0, 0.05) is 24.2 Å². The molecule has 134 valence electrons. The molecule has 4 N–H and O–H groups in total. The third kappa shape index (κ3) is 9.03. The standard InChI is InChI=1S/C18H30N4S2/c1-17(2,3)21-15(23)19-11-13-9-7-8-10-14(13)12-20-16(24)22-18(4,5)6/h7-10H,11-12H2,1-6H3,(H2,19,21,23)(H2,20,22,24). The minimum Gasteiger partial charge on any atom is -0.359 e. The van der Waals surface area contributed by atoms with Crippen LogP contribution in [0.25, 0.3) is 0 Å². The average Bonchev–Trinajstić information content (AvgIpc) is 2.40. The number of nitrogens with one attached hydrogen (secondary N) is 4. The summed E-state index contributed by atoms with van der Waals surface area (Å²) >= 11 is 10.7. The lowest BCUT2D eigenvalue weighted by molar-refractivity contribution is 0.505. The van der Waals surface area contributed by atoms with Crippen LogP contribution in [0, 0.1) is 0 Å².